The molecule has 0 spiro atoms. The Morgan fingerprint density at radius 1 is 0.667 bits per heavy atom. The Hall–Kier alpha value is -3.36. The maximum absolute atomic E-state index is 3.00. The summed E-state index contributed by atoms with van der Waals surface area (Å²) in [7, 11) is 0. The number of nitrogens with zero attached hydrogens (tertiary/aromatic N) is 2. The zero-order chi connectivity index (χ0) is 26.7. The van der Waals surface area contributed by atoms with E-state index in [1.54, 1.807) is 5.56 Å². The van der Waals surface area contributed by atoms with Crippen molar-refractivity contribution >= 4 is 5.69 Å². The molecule has 0 aromatic heterocycles. The molecule has 2 nitrogen and oxygen atoms in total. The number of hydrogen-bond donors (Lipinski definition) is 0. The highest BCUT2D eigenvalue weighted by molar-refractivity contribution is 5.63. The van der Waals surface area contributed by atoms with Gasteiger partial charge in [0, 0.05) is 11.7 Å². The molecule has 39 heavy (non-hydrogen) atoms. The van der Waals surface area contributed by atoms with Crippen LogP contribution in [0.15, 0.2) is 97.1 Å². The Bertz CT molecular complexity index is 1480. The van der Waals surface area contributed by atoms with Gasteiger partial charge in [-0.15, -0.1) is 0 Å². The van der Waals surface area contributed by atoms with Crippen LogP contribution in [0.3, 0.4) is 0 Å². The lowest BCUT2D eigenvalue weighted by Gasteiger charge is -2.49. The average molecular weight is 513 g/mol. The van der Waals surface area contributed by atoms with E-state index in [2.05, 4.69) is 135 Å². The fourth-order valence-electron chi connectivity index (χ4n) is 8.68. The molecule has 1 aliphatic carbocycles. The normalized spacial score (nSPS) is 26.7. The molecule has 3 aliphatic rings. The van der Waals surface area contributed by atoms with Gasteiger partial charge < -0.3 is 4.90 Å². The molecule has 0 radical (unpaired) electrons. The van der Waals surface area contributed by atoms with E-state index in [4.69, 9.17) is 0 Å². The molecule has 2 heterocycles. The standard InChI is InChI=1S/C37H40N2/c1-25-15-8-13-24-33(25)38-28(4)35-31-22-11-12-23-32(31)37(30-20-9-10-21-30,29-18-6-5-7-19-29)39(35)36(38)34-26(2)16-14-17-27(34)3/h5-8,11-19,22-24,28,30,35-36H,9-10,20-21H2,1-4H3/t28-,35?,36?,37?/m0/s1. The minimum absolute atomic E-state index is 0.139. The van der Waals surface area contributed by atoms with E-state index < -0.39 is 0 Å². The van der Waals surface area contributed by atoms with Crippen LogP contribution in [0.2, 0.25) is 0 Å². The predicted octanol–water partition coefficient (Wildman–Crippen LogP) is 9.01. The summed E-state index contributed by atoms with van der Waals surface area (Å²) in [6.07, 6.45) is 5.35. The highest BCUT2D eigenvalue weighted by Crippen LogP contribution is 2.65. The van der Waals surface area contributed by atoms with Gasteiger partial charge in [-0.2, -0.15) is 0 Å². The van der Waals surface area contributed by atoms with Crippen molar-refractivity contribution in [1.82, 2.24) is 4.90 Å². The third kappa shape index (κ3) is 3.44. The van der Waals surface area contributed by atoms with Gasteiger partial charge in [0.25, 0.3) is 0 Å². The maximum Gasteiger partial charge on any atom is 0.111 e. The number of rotatable bonds is 4. The van der Waals surface area contributed by atoms with E-state index in [-0.39, 0.29) is 11.7 Å². The summed E-state index contributed by atoms with van der Waals surface area (Å²) in [5.74, 6) is 0.585. The van der Waals surface area contributed by atoms with Crippen LogP contribution in [0, 0.1) is 26.7 Å². The van der Waals surface area contributed by atoms with Crippen LogP contribution in [-0.4, -0.2) is 10.9 Å². The average Bonchev–Trinajstić information content (AvgIpc) is 3.65. The Labute approximate surface area is 234 Å². The molecule has 1 saturated carbocycles. The first-order valence-corrected chi connectivity index (χ1v) is 14.9. The van der Waals surface area contributed by atoms with Gasteiger partial charge in [0.05, 0.1) is 11.6 Å². The molecular weight excluding hydrogens is 472 g/mol. The van der Waals surface area contributed by atoms with Crippen LogP contribution in [-0.2, 0) is 5.54 Å². The van der Waals surface area contributed by atoms with Crippen molar-refractivity contribution in [3.05, 3.63) is 136 Å². The summed E-state index contributed by atoms with van der Waals surface area (Å²) in [5.41, 5.74) is 11.3. The van der Waals surface area contributed by atoms with Crippen molar-refractivity contribution in [1.29, 1.82) is 0 Å². The number of benzene rings is 4. The van der Waals surface area contributed by atoms with E-state index in [9.17, 15) is 0 Å². The molecule has 0 N–H and O–H groups in total. The van der Waals surface area contributed by atoms with Crippen molar-refractivity contribution in [3.63, 3.8) is 0 Å². The van der Waals surface area contributed by atoms with E-state index >= 15 is 0 Å². The second-order valence-electron chi connectivity index (χ2n) is 12.2. The van der Waals surface area contributed by atoms with Crippen LogP contribution in [0.5, 0.6) is 0 Å². The van der Waals surface area contributed by atoms with Crippen molar-refractivity contribution in [2.45, 2.75) is 77.2 Å². The molecule has 2 fully saturated rings. The molecule has 1 saturated heterocycles. The van der Waals surface area contributed by atoms with Crippen LogP contribution in [0.1, 0.15) is 83.8 Å². The van der Waals surface area contributed by atoms with Crippen LogP contribution >= 0.6 is 0 Å². The molecule has 2 heteroatoms. The summed E-state index contributed by atoms with van der Waals surface area (Å²) < 4.78 is 0. The van der Waals surface area contributed by atoms with Crippen molar-refractivity contribution in [3.8, 4) is 0 Å². The smallest absolute Gasteiger partial charge is 0.111 e. The summed E-state index contributed by atoms with van der Waals surface area (Å²) in [6, 6.07) is 37.5. The molecule has 4 atom stereocenters. The van der Waals surface area contributed by atoms with Crippen molar-refractivity contribution < 1.29 is 0 Å². The molecule has 3 unspecified atom stereocenters. The largest absolute Gasteiger partial charge is 0.347 e. The van der Waals surface area contributed by atoms with Gasteiger partial charge in [-0.05, 0) is 91.5 Å². The lowest BCUT2D eigenvalue weighted by molar-refractivity contribution is 0.0377. The Kier molecular flexibility index (Phi) is 5.93. The van der Waals surface area contributed by atoms with Crippen LogP contribution in [0.4, 0.5) is 5.69 Å². The highest BCUT2D eigenvalue weighted by Gasteiger charge is 2.64. The highest BCUT2D eigenvalue weighted by atomic mass is 15.5. The number of anilines is 1. The predicted molar refractivity (Wildman–Crippen MR) is 162 cm³/mol. The topological polar surface area (TPSA) is 6.48 Å². The van der Waals surface area contributed by atoms with E-state index in [0.29, 0.717) is 18.0 Å². The number of hydrogen-bond acceptors (Lipinski definition) is 2. The van der Waals surface area contributed by atoms with Gasteiger partial charge in [-0.25, -0.2) is 0 Å². The number of para-hydroxylation sites is 1. The second kappa shape index (κ2) is 9.38. The molecule has 4 aromatic carbocycles. The third-order valence-electron chi connectivity index (χ3n) is 10.2. The van der Waals surface area contributed by atoms with Gasteiger partial charge in [0.15, 0.2) is 0 Å². The van der Waals surface area contributed by atoms with Gasteiger partial charge >= 0.3 is 0 Å². The van der Waals surface area contributed by atoms with Crippen LogP contribution < -0.4 is 4.90 Å². The fourth-order valence-corrected chi connectivity index (χ4v) is 8.68. The maximum atomic E-state index is 3.00. The van der Waals surface area contributed by atoms with Gasteiger partial charge in [-0.3, -0.25) is 4.90 Å². The van der Waals surface area contributed by atoms with E-state index in [1.807, 2.05) is 0 Å². The minimum atomic E-state index is -0.163. The summed E-state index contributed by atoms with van der Waals surface area (Å²) in [4.78, 5) is 5.77. The quantitative estimate of drug-likeness (QED) is 0.269. The molecular formula is C37H40N2. The molecule has 0 bridgehead atoms. The van der Waals surface area contributed by atoms with E-state index in [0.717, 1.165) is 0 Å². The lowest BCUT2D eigenvalue weighted by Crippen LogP contribution is -2.50. The Balaban J connectivity index is 1.59. The molecule has 4 aromatic rings. The molecule has 0 amide bonds. The fraction of sp³-hybridized carbons (Fsp3) is 0.351. The van der Waals surface area contributed by atoms with Gasteiger partial charge in [0.2, 0.25) is 0 Å². The molecule has 2 aliphatic heterocycles. The molecule has 198 valence electrons. The molecule has 7 rings (SSSR count). The number of aryl methyl sites for hydroxylation is 3. The van der Waals surface area contributed by atoms with E-state index in [1.165, 1.54) is 64.8 Å². The Morgan fingerprint density at radius 2 is 1.28 bits per heavy atom. The Morgan fingerprint density at radius 3 is 2.00 bits per heavy atom. The third-order valence-corrected chi connectivity index (χ3v) is 10.2. The first kappa shape index (κ1) is 24.7. The lowest BCUT2D eigenvalue weighted by atomic mass is 9.71. The summed E-state index contributed by atoms with van der Waals surface area (Å²) in [6.45, 7) is 9.39. The monoisotopic (exact) mass is 512 g/mol. The van der Waals surface area contributed by atoms with Crippen molar-refractivity contribution in [2.24, 2.45) is 5.92 Å². The van der Waals surface area contributed by atoms with Gasteiger partial charge in [-0.1, -0.05) is 104 Å². The van der Waals surface area contributed by atoms with Crippen molar-refractivity contribution in [2.75, 3.05) is 4.90 Å². The minimum Gasteiger partial charge on any atom is -0.347 e. The first-order chi connectivity index (χ1) is 19.0. The SMILES string of the molecule is Cc1ccccc1N1C(c2c(C)cccc2C)N2C(c3ccccc3C2(c2ccccc2)C2CCCC2)[C@@H]1C. The summed E-state index contributed by atoms with van der Waals surface area (Å²) >= 11 is 0. The second-order valence-corrected chi connectivity index (χ2v) is 12.2. The zero-order valence-electron chi connectivity index (χ0n) is 23.8. The first-order valence-electron chi connectivity index (χ1n) is 14.9. The zero-order valence-corrected chi connectivity index (χ0v) is 23.8. The number of fused-ring (bicyclic) bond motifs is 3. The van der Waals surface area contributed by atoms with Gasteiger partial charge in [0.1, 0.15) is 6.17 Å². The van der Waals surface area contributed by atoms with Crippen LogP contribution in [0.25, 0.3) is 0 Å². The summed E-state index contributed by atoms with van der Waals surface area (Å²) in [5, 5.41) is 0.